The molecule has 0 saturated heterocycles. The van der Waals surface area contributed by atoms with Gasteiger partial charge in [0.1, 0.15) is 0 Å². The second-order valence-electron chi connectivity index (χ2n) is 7.88. The lowest BCUT2D eigenvalue weighted by Gasteiger charge is -2.30. The fourth-order valence-electron chi connectivity index (χ4n) is 3.19. The van der Waals surface area contributed by atoms with Crippen LogP contribution in [0.2, 0.25) is 5.02 Å². The van der Waals surface area contributed by atoms with E-state index in [4.69, 9.17) is 11.6 Å². The van der Waals surface area contributed by atoms with Gasteiger partial charge in [-0.3, -0.25) is 0 Å². The molecular formula is C23H31ClN2O3S. The molecule has 164 valence electrons. The smallest absolute Gasteiger partial charge is 0.243 e. The Hall–Kier alpha value is -1.86. The quantitative estimate of drug-likeness (QED) is 0.578. The van der Waals surface area contributed by atoms with Crippen molar-refractivity contribution in [2.45, 2.75) is 31.2 Å². The van der Waals surface area contributed by atoms with Crippen molar-refractivity contribution in [2.75, 3.05) is 32.1 Å². The van der Waals surface area contributed by atoms with Gasteiger partial charge in [0.15, 0.2) is 0 Å². The van der Waals surface area contributed by atoms with E-state index < -0.39 is 16.1 Å². The zero-order valence-corrected chi connectivity index (χ0v) is 19.6. The second kappa shape index (κ2) is 11.0. The Kier molecular flexibility index (Phi) is 8.92. The van der Waals surface area contributed by atoms with Gasteiger partial charge >= 0.3 is 0 Å². The first-order valence-electron chi connectivity index (χ1n) is 9.97. The summed E-state index contributed by atoms with van der Waals surface area (Å²) in [7, 11) is 0.170. The first-order valence-corrected chi connectivity index (χ1v) is 11.8. The summed E-state index contributed by atoms with van der Waals surface area (Å²) in [6, 6.07) is 13.6. The number of hydrogen-bond donors (Lipinski definition) is 1. The Morgan fingerprint density at radius 1 is 1.03 bits per heavy atom. The predicted octanol–water partition coefficient (Wildman–Crippen LogP) is 4.52. The van der Waals surface area contributed by atoms with Gasteiger partial charge in [-0.15, -0.1) is 0 Å². The van der Waals surface area contributed by atoms with Gasteiger partial charge in [-0.05, 0) is 54.3 Å². The van der Waals surface area contributed by atoms with Crippen molar-refractivity contribution in [3.05, 3.63) is 65.2 Å². The van der Waals surface area contributed by atoms with Gasteiger partial charge in [0, 0.05) is 37.4 Å². The molecule has 0 radical (unpaired) electrons. The monoisotopic (exact) mass is 450 g/mol. The van der Waals surface area contributed by atoms with Crippen molar-refractivity contribution in [1.29, 1.82) is 0 Å². The van der Waals surface area contributed by atoms with Gasteiger partial charge in [0.05, 0.1) is 11.5 Å². The Morgan fingerprint density at radius 3 is 2.13 bits per heavy atom. The molecule has 0 heterocycles. The number of sulfonamides is 1. The third-order valence-corrected chi connectivity index (χ3v) is 6.97. The first-order chi connectivity index (χ1) is 14.1. The zero-order chi connectivity index (χ0) is 22.3. The van der Waals surface area contributed by atoms with Crippen molar-refractivity contribution in [3.8, 4) is 0 Å². The maximum Gasteiger partial charge on any atom is 0.243 e. The molecule has 2 aromatic carbocycles. The van der Waals surface area contributed by atoms with Crippen LogP contribution >= 0.6 is 11.6 Å². The van der Waals surface area contributed by atoms with E-state index in [-0.39, 0.29) is 24.0 Å². The zero-order valence-electron chi connectivity index (χ0n) is 18.0. The highest BCUT2D eigenvalue weighted by atomic mass is 35.5. The molecule has 0 amide bonds. The van der Waals surface area contributed by atoms with Crippen LogP contribution in [0.4, 0.5) is 5.69 Å². The Morgan fingerprint density at radius 2 is 1.63 bits per heavy atom. The molecule has 0 bridgehead atoms. The minimum Gasteiger partial charge on any atom is -0.395 e. The number of benzene rings is 2. The molecule has 0 aromatic heterocycles. The molecule has 0 spiro atoms. The summed E-state index contributed by atoms with van der Waals surface area (Å²) >= 11 is 5.92. The predicted molar refractivity (Wildman–Crippen MR) is 125 cm³/mol. The number of aliphatic hydroxyl groups is 1. The van der Waals surface area contributed by atoms with Crippen molar-refractivity contribution in [1.82, 2.24) is 4.31 Å². The van der Waals surface area contributed by atoms with Crippen LogP contribution in [0.15, 0.2) is 59.5 Å². The molecule has 5 nitrogen and oxygen atoms in total. The highest BCUT2D eigenvalue weighted by Crippen LogP contribution is 2.23. The lowest BCUT2D eigenvalue weighted by atomic mass is 10.0. The summed E-state index contributed by atoms with van der Waals surface area (Å²) in [6.07, 6.45) is 4.28. The SMILES string of the molecule is CC(C)CC(CO)N(CC=Cc1ccc(N(C)C)cc1)S(=O)(=O)c1ccc(Cl)cc1. The van der Waals surface area contributed by atoms with Crippen LogP contribution in [-0.2, 0) is 10.0 Å². The Labute approximate surface area is 185 Å². The summed E-state index contributed by atoms with van der Waals surface area (Å²) in [6.45, 7) is 3.95. The van der Waals surface area contributed by atoms with Crippen molar-refractivity contribution in [3.63, 3.8) is 0 Å². The highest BCUT2D eigenvalue weighted by molar-refractivity contribution is 7.89. The maximum absolute atomic E-state index is 13.3. The molecule has 1 atom stereocenters. The van der Waals surface area contributed by atoms with E-state index in [9.17, 15) is 13.5 Å². The summed E-state index contributed by atoms with van der Waals surface area (Å²) in [4.78, 5) is 2.18. The lowest BCUT2D eigenvalue weighted by molar-refractivity contribution is 0.175. The number of aliphatic hydroxyl groups excluding tert-OH is 1. The summed E-state index contributed by atoms with van der Waals surface area (Å²) < 4.78 is 28.0. The molecule has 0 aliphatic carbocycles. The molecule has 2 rings (SSSR count). The standard InChI is InChI=1S/C23H31ClN2O3S/c1-18(2)16-22(17-27)26(30(28,29)23-13-9-20(24)10-14-23)15-5-6-19-7-11-21(12-8-19)25(3)4/h5-14,18,22,27H,15-17H2,1-4H3. The number of halogens is 1. The third kappa shape index (κ3) is 6.57. The number of rotatable bonds is 10. The van der Waals surface area contributed by atoms with Gasteiger partial charge in [-0.25, -0.2) is 8.42 Å². The van der Waals surface area contributed by atoms with Gasteiger partial charge in [0.2, 0.25) is 10.0 Å². The van der Waals surface area contributed by atoms with Crippen LogP contribution in [0.5, 0.6) is 0 Å². The van der Waals surface area contributed by atoms with Gasteiger partial charge in [-0.2, -0.15) is 4.31 Å². The van der Waals surface area contributed by atoms with E-state index >= 15 is 0 Å². The molecule has 1 unspecified atom stereocenters. The minimum absolute atomic E-state index is 0.165. The Bertz CT molecular complexity index is 924. The third-order valence-electron chi connectivity index (χ3n) is 4.79. The summed E-state index contributed by atoms with van der Waals surface area (Å²) in [5.41, 5.74) is 2.07. The second-order valence-corrected chi connectivity index (χ2v) is 10.2. The summed E-state index contributed by atoms with van der Waals surface area (Å²) in [5.74, 6) is 0.243. The first kappa shape index (κ1) is 24.4. The van der Waals surface area contributed by atoms with Crippen molar-refractivity contribution < 1.29 is 13.5 Å². The Balaban J connectivity index is 2.30. The van der Waals surface area contributed by atoms with E-state index in [0.717, 1.165) is 11.3 Å². The molecule has 0 saturated carbocycles. The van der Waals surface area contributed by atoms with E-state index in [0.29, 0.717) is 11.4 Å². The molecule has 7 heteroatoms. The largest absolute Gasteiger partial charge is 0.395 e. The fourth-order valence-corrected chi connectivity index (χ4v) is 4.89. The topological polar surface area (TPSA) is 60.9 Å². The van der Waals surface area contributed by atoms with Crippen molar-refractivity contribution >= 4 is 33.4 Å². The highest BCUT2D eigenvalue weighted by Gasteiger charge is 2.30. The van der Waals surface area contributed by atoms with Crippen LogP contribution in [-0.4, -0.2) is 51.1 Å². The van der Waals surface area contributed by atoms with Crippen molar-refractivity contribution in [2.24, 2.45) is 5.92 Å². The van der Waals surface area contributed by atoms with E-state index in [2.05, 4.69) is 0 Å². The van der Waals surface area contributed by atoms with Crippen LogP contribution in [0.3, 0.4) is 0 Å². The van der Waals surface area contributed by atoms with Crippen LogP contribution in [0.25, 0.3) is 6.08 Å². The average molecular weight is 451 g/mol. The molecule has 30 heavy (non-hydrogen) atoms. The summed E-state index contributed by atoms with van der Waals surface area (Å²) in [5, 5.41) is 10.4. The molecule has 0 aliphatic heterocycles. The maximum atomic E-state index is 13.3. The van der Waals surface area contributed by atoms with E-state index in [1.165, 1.54) is 16.4 Å². The van der Waals surface area contributed by atoms with Crippen LogP contribution in [0, 0.1) is 5.92 Å². The normalized spacial score (nSPS) is 13.3. The number of anilines is 1. The molecule has 0 aliphatic rings. The molecule has 2 aromatic rings. The van der Waals surface area contributed by atoms with Crippen LogP contribution < -0.4 is 4.90 Å². The van der Waals surface area contributed by atoms with Gasteiger partial charge in [-0.1, -0.05) is 49.7 Å². The lowest BCUT2D eigenvalue weighted by Crippen LogP contribution is -2.43. The molecule has 0 fully saturated rings. The number of nitrogens with zero attached hydrogens (tertiary/aromatic N) is 2. The molecular weight excluding hydrogens is 420 g/mol. The fraction of sp³-hybridized carbons (Fsp3) is 0.391. The van der Waals surface area contributed by atoms with Gasteiger partial charge in [0.25, 0.3) is 0 Å². The van der Waals surface area contributed by atoms with Gasteiger partial charge < -0.3 is 10.0 Å². The minimum atomic E-state index is -3.79. The van der Waals surface area contributed by atoms with E-state index in [1.54, 1.807) is 12.1 Å². The van der Waals surface area contributed by atoms with Crippen LogP contribution in [0.1, 0.15) is 25.8 Å². The average Bonchev–Trinajstić information content (AvgIpc) is 2.70. The van der Waals surface area contributed by atoms with E-state index in [1.807, 2.05) is 69.3 Å². The number of hydrogen-bond acceptors (Lipinski definition) is 4. The molecule has 1 N–H and O–H groups in total.